The Labute approximate surface area is 142 Å². The monoisotopic (exact) mass is 326 g/mol. The van der Waals surface area contributed by atoms with Crippen LogP contribution in [0.5, 0.6) is 0 Å². The molecule has 126 valence electrons. The summed E-state index contributed by atoms with van der Waals surface area (Å²) in [5.41, 5.74) is 1.72. The number of amides is 1. The molecule has 5 heteroatoms. The number of ketones is 1. The number of benzene rings is 1. The average Bonchev–Trinajstić information content (AvgIpc) is 3.44. The van der Waals surface area contributed by atoms with Crippen LogP contribution in [0.25, 0.3) is 0 Å². The first-order chi connectivity index (χ1) is 11.6. The molecule has 1 aliphatic carbocycles. The van der Waals surface area contributed by atoms with Crippen LogP contribution in [-0.2, 0) is 0 Å². The molecule has 1 saturated heterocycles. The van der Waals surface area contributed by atoms with E-state index in [1.807, 2.05) is 24.3 Å². The summed E-state index contributed by atoms with van der Waals surface area (Å²) in [5.74, 6) is 6.80. The normalized spacial score (nSPS) is 17.9. The lowest BCUT2D eigenvalue weighted by atomic mass is 10.1. The second-order valence-electron chi connectivity index (χ2n) is 6.38. The van der Waals surface area contributed by atoms with E-state index in [9.17, 15) is 9.59 Å². The number of hydrogen-bond acceptors (Lipinski definition) is 3. The van der Waals surface area contributed by atoms with Gasteiger partial charge in [0.15, 0.2) is 5.78 Å². The minimum Gasteiger partial charge on any atom is -0.465 e. The van der Waals surface area contributed by atoms with Gasteiger partial charge in [0.05, 0.1) is 0 Å². The minimum absolute atomic E-state index is 0.253. The lowest BCUT2D eigenvalue weighted by Crippen LogP contribution is -2.48. The van der Waals surface area contributed by atoms with Gasteiger partial charge in [-0.15, -0.1) is 0 Å². The van der Waals surface area contributed by atoms with Crippen molar-refractivity contribution in [2.45, 2.75) is 19.3 Å². The topological polar surface area (TPSA) is 60.9 Å². The van der Waals surface area contributed by atoms with Crippen LogP contribution in [0, 0.1) is 17.8 Å². The molecule has 24 heavy (non-hydrogen) atoms. The maximum absolute atomic E-state index is 11.9. The second kappa shape index (κ2) is 7.50. The smallest absolute Gasteiger partial charge is 0.407 e. The Morgan fingerprint density at radius 1 is 1.08 bits per heavy atom. The zero-order chi connectivity index (χ0) is 16.9. The fourth-order valence-electron chi connectivity index (χ4n) is 2.84. The summed E-state index contributed by atoms with van der Waals surface area (Å²) in [5, 5.41) is 8.92. The van der Waals surface area contributed by atoms with Gasteiger partial charge < -0.3 is 10.0 Å². The first-order valence-corrected chi connectivity index (χ1v) is 8.47. The zero-order valence-electron chi connectivity index (χ0n) is 13.7. The second-order valence-corrected chi connectivity index (χ2v) is 6.38. The standard InChI is InChI=1S/C19H22N2O3/c22-18(17-8-9-17)16-6-4-15(5-7-16)3-1-2-10-20-11-13-21(14-12-20)19(23)24/h4-7,17H,2,8-14H2,(H,23,24). The van der Waals surface area contributed by atoms with Gasteiger partial charge in [0.25, 0.3) is 0 Å². The fraction of sp³-hybridized carbons (Fsp3) is 0.474. The molecule has 0 unspecified atom stereocenters. The Hall–Kier alpha value is -2.32. The summed E-state index contributed by atoms with van der Waals surface area (Å²) in [6.07, 6.45) is 1.98. The predicted molar refractivity (Wildman–Crippen MR) is 91.0 cm³/mol. The molecule has 0 atom stereocenters. The van der Waals surface area contributed by atoms with E-state index >= 15 is 0 Å². The van der Waals surface area contributed by atoms with E-state index in [-0.39, 0.29) is 11.7 Å². The fourth-order valence-corrected chi connectivity index (χ4v) is 2.84. The van der Waals surface area contributed by atoms with Crippen LogP contribution in [0.15, 0.2) is 24.3 Å². The molecule has 1 aromatic carbocycles. The lowest BCUT2D eigenvalue weighted by Gasteiger charge is -2.32. The zero-order valence-corrected chi connectivity index (χ0v) is 13.7. The summed E-state index contributed by atoms with van der Waals surface area (Å²) in [6, 6.07) is 7.56. The number of piperazine rings is 1. The van der Waals surface area contributed by atoms with E-state index in [1.54, 1.807) is 0 Å². The van der Waals surface area contributed by atoms with Gasteiger partial charge in [-0.1, -0.05) is 24.0 Å². The van der Waals surface area contributed by atoms with Gasteiger partial charge in [-0.25, -0.2) is 4.79 Å². The number of hydrogen-bond donors (Lipinski definition) is 1. The molecule has 1 heterocycles. The van der Waals surface area contributed by atoms with Crippen molar-refractivity contribution in [1.82, 2.24) is 9.80 Å². The largest absolute Gasteiger partial charge is 0.465 e. The van der Waals surface area contributed by atoms with E-state index in [1.165, 1.54) is 4.90 Å². The van der Waals surface area contributed by atoms with Gasteiger partial charge in [-0.3, -0.25) is 9.69 Å². The molecule has 3 rings (SSSR count). The van der Waals surface area contributed by atoms with Crippen molar-refractivity contribution in [3.05, 3.63) is 35.4 Å². The number of Topliss-reactive ketones (excluding diaryl/α,β-unsaturated/α-hetero) is 1. The Bertz CT molecular complexity index is 660. The summed E-state index contributed by atoms with van der Waals surface area (Å²) in [6.45, 7) is 3.54. The summed E-state index contributed by atoms with van der Waals surface area (Å²) in [7, 11) is 0. The van der Waals surface area contributed by atoms with Crippen LogP contribution in [0.2, 0.25) is 0 Å². The van der Waals surface area contributed by atoms with Gasteiger partial charge in [-0.2, -0.15) is 0 Å². The van der Waals surface area contributed by atoms with Crippen LogP contribution >= 0.6 is 0 Å². The highest BCUT2D eigenvalue weighted by atomic mass is 16.4. The molecule has 2 fully saturated rings. The maximum Gasteiger partial charge on any atom is 0.407 e. The highest BCUT2D eigenvalue weighted by Gasteiger charge is 2.30. The molecule has 0 spiro atoms. The molecule has 0 bridgehead atoms. The van der Waals surface area contributed by atoms with E-state index in [4.69, 9.17) is 5.11 Å². The Balaban J connectivity index is 1.42. The third kappa shape index (κ3) is 4.36. The Morgan fingerprint density at radius 2 is 1.75 bits per heavy atom. The van der Waals surface area contributed by atoms with Crippen LogP contribution in [0.3, 0.4) is 0 Å². The summed E-state index contributed by atoms with van der Waals surface area (Å²) >= 11 is 0. The average molecular weight is 326 g/mol. The highest BCUT2D eigenvalue weighted by molar-refractivity contribution is 5.99. The van der Waals surface area contributed by atoms with E-state index < -0.39 is 6.09 Å². The summed E-state index contributed by atoms with van der Waals surface area (Å²) in [4.78, 5) is 26.5. The molecule has 2 aliphatic rings. The predicted octanol–water partition coefficient (Wildman–Crippen LogP) is 2.32. The number of nitrogens with zero attached hydrogens (tertiary/aromatic N) is 2. The van der Waals surface area contributed by atoms with Crippen molar-refractivity contribution < 1.29 is 14.7 Å². The molecule has 1 amide bonds. The van der Waals surface area contributed by atoms with Crippen molar-refractivity contribution in [3.63, 3.8) is 0 Å². The molecule has 1 N–H and O–H groups in total. The Kier molecular flexibility index (Phi) is 5.17. The number of rotatable bonds is 4. The van der Waals surface area contributed by atoms with Crippen molar-refractivity contribution >= 4 is 11.9 Å². The lowest BCUT2D eigenvalue weighted by molar-refractivity contribution is 0.0967. The van der Waals surface area contributed by atoms with E-state index in [0.29, 0.717) is 13.1 Å². The molecular formula is C19H22N2O3. The first kappa shape index (κ1) is 16.5. The minimum atomic E-state index is -0.835. The Morgan fingerprint density at radius 3 is 2.33 bits per heavy atom. The number of carbonyl (C=O) groups excluding carboxylic acids is 1. The highest BCUT2D eigenvalue weighted by Crippen LogP contribution is 2.32. The van der Waals surface area contributed by atoms with Crippen molar-refractivity contribution in [2.24, 2.45) is 5.92 Å². The third-order valence-corrected chi connectivity index (χ3v) is 4.55. The van der Waals surface area contributed by atoms with Crippen LogP contribution in [-0.4, -0.2) is 59.5 Å². The maximum atomic E-state index is 11.9. The number of carbonyl (C=O) groups is 2. The summed E-state index contributed by atoms with van der Waals surface area (Å²) < 4.78 is 0. The molecular weight excluding hydrogens is 304 g/mol. The van der Waals surface area contributed by atoms with E-state index in [2.05, 4.69) is 16.7 Å². The molecule has 0 radical (unpaired) electrons. The van der Waals surface area contributed by atoms with Crippen LogP contribution in [0.4, 0.5) is 4.79 Å². The van der Waals surface area contributed by atoms with Crippen LogP contribution < -0.4 is 0 Å². The van der Waals surface area contributed by atoms with Gasteiger partial charge >= 0.3 is 6.09 Å². The van der Waals surface area contributed by atoms with Gasteiger partial charge in [0.1, 0.15) is 0 Å². The molecule has 1 aliphatic heterocycles. The molecule has 0 aromatic heterocycles. The van der Waals surface area contributed by atoms with Crippen LogP contribution in [0.1, 0.15) is 35.2 Å². The number of carboxylic acid groups (broad SMARTS) is 1. The van der Waals surface area contributed by atoms with Gasteiger partial charge in [-0.05, 0) is 25.0 Å². The first-order valence-electron chi connectivity index (χ1n) is 8.47. The van der Waals surface area contributed by atoms with E-state index in [0.717, 1.165) is 50.0 Å². The molecule has 1 saturated carbocycles. The van der Waals surface area contributed by atoms with Gasteiger partial charge in [0, 0.05) is 56.2 Å². The van der Waals surface area contributed by atoms with Crippen molar-refractivity contribution in [2.75, 3.05) is 32.7 Å². The molecule has 1 aromatic rings. The van der Waals surface area contributed by atoms with Gasteiger partial charge in [0.2, 0.25) is 0 Å². The quantitative estimate of drug-likeness (QED) is 0.681. The third-order valence-electron chi connectivity index (χ3n) is 4.55. The van der Waals surface area contributed by atoms with Crippen molar-refractivity contribution in [3.8, 4) is 11.8 Å². The van der Waals surface area contributed by atoms with Crippen molar-refractivity contribution in [1.29, 1.82) is 0 Å². The molecule has 5 nitrogen and oxygen atoms in total. The SMILES string of the molecule is O=C(c1ccc(C#CCCN2CCN(C(=O)O)CC2)cc1)C1CC1.